The number of amides is 1. The molecule has 0 spiro atoms. The highest BCUT2D eigenvalue weighted by Gasteiger charge is 2.32. The lowest BCUT2D eigenvalue weighted by Crippen LogP contribution is -2.45. The van der Waals surface area contributed by atoms with E-state index in [1.807, 2.05) is 11.8 Å². The smallest absolute Gasteiger partial charge is 0.267 e. The molecule has 2 unspecified atom stereocenters. The van der Waals surface area contributed by atoms with Crippen molar-refractivity contribution in [1.82, 2.24) is 19.8 Å². The maximum absolute atomic E-state index is 12.6. The number of nitrogens with zero attached hydrogens (tertiary/aromatic N) is 3. The molecule has 3 rings (SSSR count). The molecule has 0 aliphatic carbocycles. The monoisotopic (exact) mass is 294 g/mol. The van der Waals surface area contributed by atoms with Crippen LogP contribution in [0, 0.1) is 5.92 Å². The van der Waals surface area contributed by atoms with Gasteiger partial charge in [-0.15, -0.1) is 5.10 Å². The van der Waals surface area contributed by atoms with Crippen LogP contribution < -0.4 is 5.32 Å². The molecule has 2 atom stereocenters. The van der Waals surface area contributed by atoms with Crippen molar-refractivity contribution >= 4 is 17.4 Å². The van der Waals surface area contributed by atoms with E-state index >= 15 is 0 Å². The van der Waals surface area contributed by atoms with Gasteiger partial charge >= 0.3 is 0 Å². The molecule has 6 heteroatoms. The summed E-state index contributed by atoms with van der Waals surface area (Å²) in [6.45, 7) is 4.92. The number of carbonyl (C=O) groups excluding carboxylic acids is 1. The number of carbonyl (C=O) groups is 1. The van der Waals surface area contributed by atoms with Crippen molar-refractivity contribution in [2.24, 2.45) is 5.92 Å². The Hall–Kier alpha value is -1.01. The fraction of sp³-hybridized carbons (Fsp3) is 0.786. The molecule has 3 heterocycles. The summed E-state index contributed by atoms with van der Waals surface area (Å²) >= 11 is 1.24. The van der Waals surface area contributed by atoms with Crippen molar-refractivity contribution in [2.75, 3.05) is 19.6 Å². The number of likely N-dealkylation sites (tertiary alicyclic amines) is 1. The van der Waals surface area contributed by atoms with E-state index < -0.39 is 0 Å². The Morgan fingerprint density at radius 3 is 3.10 bits per heavy atom. The first-order valence-corrected chi connectivity index (χ1v) is 8.40. The third kappa shape index (κ3) is 2.72. The first-order valence-electron chi connectivity index (χ1n) is 7.63. The Labute approximate surface area is 123 Å². The molecule has 1 aromatic rings. The van der Waals surface area contributed by atoms with Crippen molar-refractivity contribution in [2.45, 2.75) is 45.1 Å². The van der Waals surface area contributed by atoms with Gasteiger partial charge in [-0.25, -0.2) is 0 Å². The van der Waals surface area contributed by atoms with E-state index in [2.05, 4.69) is 14.9 Å². The number of aromatic nitrogens is 2. The van der Waals surface area contributed by atoms with Gasteiger partial charge in [0, 0.05) is 19.1 Å². The molecule has 20 heavy (non-hydrogen) atoms. The van der Waals surface area contributed by atoms with Crippen LogP contribution in [0.3, 0.4) is 0 Å². The van der Waals surface area contributed by atoms with E-state index in [1.54, 1.807) is 0 Å². The number of piperidine rings is 1. The van der Waals surface area contributed by atoms with Crippen LogP contribution in [0.4, 0.5) is 0 Å². The van der Waals surface area contributed by atoms with Crippen molar-refractivity contribution in [3.8, 4) is 0 Å². The summed E-state index contributed by atoms with van der Waals surface area (Å²) in [5, 5.41) is 7.64. The van der Waals surface area contributed by atoms with Gasteiger partial charge in [0.15, 0.2) is 0 Å². The van der Waals surface area contributed by atoms with Crippen LogP contribution in [-0.4, -0.2) is 46.1 Å². The van der Waals surface area contributed by atoms with Gasteiger partial charge in [-0.1, -0.05) is 11.4 Å². The SMILES string of the molecule is CCc1nnsc1C(=O)N1CCCC(C2CCCN2)C1. The van der Waals surface area contributed by atoms with E-state index in [-0.39, 0.29) is 5.91 Å². The van der Waals surface area contributed by atoms with Gasteiger partial charge in [0.25, 0.3) is 5.91 Å². The topological polar surface area (TPSA) is 58.1 Å². The molecule has 0 bridgehead atoms. The van der Waals surface area contributed by atoms with E-state index in [4.69, 9.17) is 0 Å². The van der Waals surface area contributed by atoms with Crippen molar-refractivity contribution < 1.29 is 4.79 Å². The Balaban J connectivity index is 1.68. The van der Waals surface area contributed by atoms with Gasteiger partial charge in [0.05, 0.1) is 5.69 Å². The third-order valence-electron chi connectivity index (χ3n) is 4.50. The first-order chi connectivity index (χ1) is 9.79. The molecule has 0 radical (unpaired) electrons. The van der Waals surface area contributed by atoms with Gasteiger partial charge in [0.1, 0.15) is 4.88 Å². The summed E-state index contributed by atoms with van der Waals surface area (Å²) in [7, 11) is 0. The zero-order valence-corrected chi connectivity index (χ0v) is 12.8. The molecule has 2 saturated heterocycles. The summed E-state index contributed by atoms with van der Waals surface area (Å²) in [4.78, 5) is 15.4. The van der Waals surface area contributed by atoms with Crippen LogP contribution in [-0.2, 0) is 6.42 Å². The molecule has 0 aromatic carbocycles. The lowest BCUT2D eigenvalue weighted by molar-refractivity contribution is 0.0654. The Kier molecular flexibility index (Phi) is 4.31. The maximum atomic E-state index is 12.6. The van der Waals surface area contributed by atoms with Crippen LogP contribution in [0.1, 0.15) is 48.0 Å². The maximum Gasteiger partial charge on any atom is 0.267 e. The Morgan fingerprint density at radius 1 is 1.45 bits per heavy atom. The fourth-order valence-electron chi connectivity index (χ4n) is 3.38. The predicted octanol–water partition coefficient (Wildman–Crippen LogP) is 1.70. The number of nitrogens with one attached hydrogen (secondary N) is 1. The minimum Gasteiger partial charge on any atom is -0.338 e. The third-order valence-corrected chi connectivity index (χ3v) is 5.25. The van der Waals surface area contributed by atoms with Crippen LogP contribution in [0.15, 0.2) is 0 Å². The molecule has 110 valence electrons. The summed E-state index contributed by atoms with van der Waals surface area (Å²) in [6.07, 6.45) is 5.66. The van der Waals surface area contributed by atoms with Crippen LogP contribution in [0.2, 0.25) is 0 Å². The molecule has 1 N–H and O–H groups in total. The van der Waals surface area contributed by atoms with Gasteiger partial charge in [0.2, 0.25) is 0 Å². The van der Waals surface area contributed by atoms with Crippen molar-refractivity contribution in [3.63, 3.8) is 0 Å². The molecular formula is C14H22N4OS. The highest BCUT2D eigenvalue weighted by Crippen LogP contribution is 2.26. The highest BCUT2D eigenvalue weighted by atomic mass is 32.1. The Bertz CT molecular complexity index is 469. The molecular weight excluding hydrogens is 272 g/mol. The quantitative estimate of drug-likeness (QED) is 0.922. The lowest BCUT2D eigenvalue weighted by Gasteiger charge is -2.35. The number of hydrogen-bond acceptors (Lipinski definition) is 5. The van der Waals surface area contributed by atoms with E-state index in [1.165, 1.54) is 30.8 Å². The second-order valence-electron chi connectivity index (χ2n) is 5.76. The average Bonchev–Trinajstić information content (AvgIpc) is 3.17. The van der Waals surface area contributed by atoms with Crippen LogP contribution in [0.25, 0.3) is 0 Å². The molecule has 2 aliphatic rings. The predicted molar refractivity (Wildman–Crippen MR) is 78.9 cm³/mol. The highest BCUT2D eigenvalue weighted by molar-refractivity contribution is 7.08. The number of hydrogen-bond donors (Lipinski definition) is 1. The van der Waals surface area contributed by atoms with Gasteiger partial charge in [-0.05, 0) is 56.1 Å². The van der Waals surface area contributed by atoms with Crippen LogP contribution >= 0.6 is 11.5 Å². The number of rotatable bonds is 3. The molecule has 2 fully saturated rings. The number of aryl methyl sites for hydroxylation is 1. The van der Waals surface area contributed by atoms with Crippen molar-refractivity contribution in [1.29, 1.82) is 0 Å². The normalized spacial score (nSPS) is 26.9. The minimum absolute atomic E-state index is 0.138. The zero-order valence-electron chi connectivity index (χ0n) is 12.0. The summed E-state index contributed by atoms with van der Waals surface area (Å²) in [6, 6.07) is 0.607. The zero-order chi connectivity index (χ0) is 13.9. The first kappa shape index (κ1) is 13.9. The van der Waals surface area contributed by atoms with Crippen LogP contribution in [0.5, 0.6) is 0 Å². The molecule has 1 amide bonds. The second-order valence-corrected chi connectivity index (χ2v) is 6.51. The standard InChI is InChI=1S/C14H22N4OS/c1-2-11-13(20-17-16-11)14(19)18-8-4-5-10(9-18)12-6-3-7-15-12/h10,12,15H,2-9H2,1H3. The molecule has 0 saturated carbocycles. The van der Waals surface area contributed by atoms with E-state index in [0.717, 1.165) is 43.0 Å². The fourth-order valence-corrected chi connectivity index (χ4v) is 4.10. The molecule has 5 nitrogen and oxygen atoms in total. The lowest BCUT2D eigenvalue weighted by atomic mass is 9.89. The second kappa shape index (κ2) is 6.18. The van der Waals surface area contributed by atoms with Gasteiger partial charge in [-0.3, -0.25) is 4.79 Å². The summed E-state index contributed by atoms with van der Waals surface area (Å²) in [5.41, 5.74) is 0.848. The van der Waals surface area contributed by atoms with E-state index in [0.29, 0.717) is 12.0 Å². The minimum atomic E-state index is 0.138. The van der Waals surface area contributed by atoms with Gasteiger partial charge < -0.3 is 10.2 Å². The van der Waals surface area contributed by atoms with Crippen molar-refractivity contribution in [3.05, 3.63) is 10.6 Å². The van der Waals surface area contributed by atoms with Gasteiger partial charge in [-0.2, -0.15) is 0 Å². The average molecular weight is 294 g/mol. The molecule has 1 aromatic heterocycles. The summed E-state index contributed by atoms with van der Waals surface area (Å²) in [5.74, 6) is 0.751. The summed E-state index contributed by atoms with van der Waals surface area (Å²) < 4.78 is 3.94. The van der Waals surface area contributed by atoms with E-state index in [9.17, 15) is 4.79 Å². The molecule has 2 aliphatic heterocycles. The Morgan fingerprint density at radius 2 is 2.35 bits per heavy atom. The largest absolute Gasteiger partial charge is 0.338 e.